The Hall–Kier alpha value is -0.580. The van der Waals surface area contributed by atoms with E-state index in [0.717, 1.165) is 30.6 Å². The van der Waals surface area contributed by atoms with Crippen molar-refractivity contribution >= 4 is 48.3 Å². The average Bonchev–Trinajstić information content (AvgIpc) is 2.95. The number of carbonyl (C=O) groups excluding carboxylic acids is 1. The minimum absolute atomic E-state index is 0.130. The molecule has 1 saturated carbocycles. The summed E-state index contributed by atoms with van der Waals surface area (Å²) >= 11 is 4.37. The van der Waals surface area contributed by atoms with E-state index in [2.05, 4.69) is 36.2 Å². The first kappa shape index (κ1) is 15.8. The molecular weight excluding hydrogens is 368 g/mol. The molecule has 2 N–H and O–H groups in total. The lowest BCUT2D eigenvalue weighted by Gasteiger charge is -2.09. The summed E-state index contributed by atoms with van der Waals surface area (Å²) in [6.45, 7) is 1.73. The summed E-state index contributed by atoms with van der Waals surface area (Å²) in [5, 5.41) is 9.81. The van der Waals surface area contributed by atoms with Gasteiger partial charge in [0.2, 0.25) is 15.4 Å². The first-order valence-corrected chi connectivity index (χ1v) is 9.33. The van der Waals surface area contributed by atoms with Gasteiger partial charge in [0.05, 0.1) is 0 Å². The Morgan fingerprint density at radius 3 is 2.80 bits per heavy atom. The second-order valence-electron chi connectivity index (χ2n) is 4.68. The van der Waals surface area contributed by atoms with Crippen LogP contribution in [0.15, 0.2) is 4.34 Å². The number of aromatic nitrogens is 2. The van der Waals surface area contributed by atoms with Gasteiger partial charge in [-0.15, -0.1) is 10.2 Å². The Morgan fingerprint density at radius 2 is 2.20 bits per heavy atom. The standard InChI is InChI=1S/C10H15BrN4O3S2/c1-6(16)13-9-14-15-10(19-9)20(17,18)12-5-7-2-3-8(11)4-7/h7-8,12H,2-5H2,1H3,(H,13,14,16). The maximum absolute atomic E-state index is 12.0. The minimum Gasteiger partial charge on any atom is -0.301 e. The zero-order chi connectivity index (χ0) is 14.8. The molecule has 10 heteroatoms. The van der Waals surface area contributed by atoms with Gasteiger partial charge in [0.1, 0.15) is 0 Å². The van der Waals surface area contributed by atoms with Gasteiger partial charge >= 0.3 is 0 Å². The predicted molar refractivity (Wildman–Crippen MR) is 79.5 cm³/mol. The highest BCUT2D eigenvalue weighted by Crippen LogP contribution is 2.30. The summed E-state index contributed by atoms with van der Waals surface area (Å²) in [6, 6.07) is 0. The maximum atomic E-state index is 12.0. The number of hydrogen-bond acceptors (Lipinski definition) is 6. The molecular formula is C10H15BrN4O3S2. The smallest absolute Gasteiger partial charge is 0.269 e. The van der Waals surface area contributed by atoms with E-state index in [1.807, 2.05) is 0 Å². The predicted octanol–water partition coefficient (Wildman–Crippen LogP) is 1.34. The van der Waals surface area contributed by atoms with Gasteiger partial charge in [0.25, 0.3) is 10.0 Å². The van der Waals surface area contributed by atoms with Crippen LogP contribution in [-0.4, -0.2) is 35.9 Å². The lowest BCUT2D eigenvalue weighted by molar-refractivity contribution is -0.114. The second-order valence-corrected chi connectivity index (χ2v) is 8.90. The third-order valence-corrected chi connectivity index (χ3v) is 6.42. The minimum atomic E-state index is -3.65. The van der Waals surface area contributed by atoms with Gasteiger partial charge < -0.3 is 5.32 Å². The summed E-state index contributed by atoms with van der Waals surface area (Å²) < 4.78 is 26.5. The van der Waals surface area contributed by atoms with E-state index in [1.165, 1.54) is 6.92 Å². The number of alkyl halides is 1. The zero-order valence-corrected chi connectivity index (χ0v) is 14.0. The Bertz CT molecular complexity index is 589. The molecule has 1 aliphatic carbocycles. The molecule has 1 aliphatic rings. The molecule has 1 amide bonds. The van der Waals surface area contributed by atoms with E-state index in [9.17, 15) is 13.2 Å². The molecule has 1 fully saturated rings. The largest absolute Gasteiger partial charge is 0.301 e. The fourth-order valence-corrected chi connectivity index (χ4v) is 4.90. The molecule has 0 aromatic carbocycles. The number of nitrogens with one attached hydrogen (secondary N) is 2. The molecule has 0 aliphatic heterocycles. The SMILES string of the molecule is CC(=O)Nc1nnc(S(=O)(=O)NCC2CCC(Br)C2)s1. The average molecular weight is 383 g/mol. The molecule has 112 valence electrons. The van der Waals surface area contributed by atoms with E-state index in [4.69, 9.17) is 0 Å². The number of carbonyl (C=O) groups is 1. The number of nitrogens with zero attached hydrogens (tertiary/aromatic N) is 2. The molecule has 1 aromatic rings. The highest BCUT2D eigenvalue weighted by Gasteiger charge is 2.26. The molecule has 0 spiro atoms. The van der Waals surface area contributed by atoms with Crippen LogP contribution >= 0.6 is 27.3 Å². The number of hydrogen-bond donors (Lipinski definition) is 2. The lowest BCUT2D eigenvalue weighted by Crippen LogP contribution is -2.28. The van der Waals surface area contributed by atoms with Crippen LogP contribution in [0.1, 0.15) is 26.2 Å². The number of sulfonamides is 1. The van der Waals surface area contributed by atoms with Crippen LogP contribution in [0.4, 0.5) is 5.13 Å². The van der Waals surface area contributed by atoms with Crippen LogP contribution in [-0.2, 0) is 14.8 Å². The number of anilines is 1. The summed E-state index contributed by atoms with van der Waals surface area (Å²) in [5.74, 6) is 0.0317. The summed E-state index contributed by atoms with van der Waals surface area (Å²) in [5.41, 5.74) is 0. The van der Waals surface area contributed by atoms with Gasteiger partial charge in [0, 0.05) is 18.3 Å². The van der Waals surface area contributed by atoms with Crippen LogP contribution < -0.4 is 10.0 Å². The Balaban J connectivity index is 1.95. The molecule has 0 saturated heterocycles. The van der Waals surface area contributed by atoms with Crippen molar-refractivity contribution in [2.75, 3.05) is 11.9 Å². The molecule has 2 rings (SSSR count). The molecule has 1 heterocycles. The van der Waals surface area contributed by atoms with Crippen molar-refractivity contribution in [3.8, 4) is 0 Å². The van der Waals surface area contributed by atoms with Crippen LogP contribution in [0.2, 0.25) is 0 Å². The van der Waals surface area contributed by atoms with Gasteiger partial charge in [-0.2, -0.15) is 0 Å². The zero-order valence-electron chi connectivity index (χ0n) is 10.8. The maximum Gasteiger partial charge on any atom is 0.269 e. The van der Waals surface area contributed by atoms with Crippen LogP contribution in [0.3, 0.4) is 0 Å². The third kappa shape index (κ3) is 4.21. The third-order valence-electron chi connectivity index (χ3n) is 2.96. The molecule has 20 heavy (non-hydrogen) atoms. The van der Waals surface area contributed by atoms with E-state index in [0.29, 0.717) is 17.3 Å². The highest BCUT2D eigenvalue weighted by molar-refractivity contribution is 9.09. The first-order valence-electron chi connectivity index (χ1n) is 6.11. The molecule has 0 bridgehead atoms. The molecule has 1 aromatic heterocycles. The van der Waals surface area contributed by atoms with Crippen molar-refractivity contribution in [2.45, 2.75) is 35.4 Å². The van der Waals surface area contributed by atoms with Crippen LogP contribution in [0.25, 0.3) is 0 Å². The summed E-state index contributed by atoms with van der Waals surface area (Å²) in [7, 11) is -3.65. The van der Waals surface area contributed by atoms with Crippen molar-refractivity contribution < 1.29 is 13.2 Å². The quantitative estimate of drug-likeness (QED) is 0.590. The second kappa shape index (κ2) is 6.46. The summed E-state index contributed by atoms with van der Waals surface area (Å²) in [4.78, 5) is 11.3. The van der Waals surface area contributed by atoms with E-state index in [-0.39, 0.29) is 15.4 Å². The molecule has 7 nitrogen and oxygen atoms in total. The van der Waals surface area contributed by atoms with Gasteiger partial charge in [-0.1, -0.05) is 27.3 Å². The van der Waals surface area contributed by atoms with Crippen LogP contribution in [0.5, 0.6) is 0 Å². The highest BCUT2D eigenvalue weighted by atomic mass is 79.9. The Morgan fingerprint density at radius 1 is 1.45 bits per heavy atom. The monoisotopic (exact) mass is 382 g/mol. The van der Waals surface area contributed by atoms with E-state index in [1.54, 1.807) is 0 Å². The van der Waals surface area contributed by atoms with Crippen molar-refractivity contribution in [3.63, 3.8) is 0 Å². The number of halogens is 1. The van der Waals surface area contributed by atoms with Gasteiger partial charge in [-0.05, 0) is 25.2 Å². The van der Waals surface area contributed by atoms with E-state index >= 15 is 0 Å². The summed E-state index contributed by atoms with van der Waals surface area (Å²) in [6.07, 6.45) is 3.04. The molecule has 2 atom stereocenters. The lowest BCUT2D eigenvalue weighted by atomic mass is 10.1. The normalized spacial score (nSPS) is 22.9. The number of amides is 1. The van der Waals surface area contributed by atoms with Crippen molar-refractivity contribution in [3.05, 3.63) is 0 Å². The fourth-order valence-electron chi connectivity index (χ4n) is 2.01. The molecule has 2 unspecified atom stereocenters. The van der Waals surface area contributed by atoms with Gasteiger partial charge in [-0.3, -0.25) is 4.79 Å². The van der Waals surface area contributed by atoms with Crippen LogP contribution in [0, 0.1) is 5.92 Å². The van der Waals surface area contributed by atoms with Gasteiger partial charge in [0.15, 0.2) is 0 Å². The van der Waals surface area contributed by atoms with Gasteiger partial charge in [-0.25, -0.2) is 13.1 Å². The van der Waals surface area contributed by atoms with Crippen molar-refractivity contribution in [2.24, 2.45) is 5.92 Å². The first-order chi connectivity index (χ1) is 9.37. The number of rotatable bonds is 5. The Kier molecular flexibility index (Phi) is 5.10. The van der Waals surface area contributed by atoms with Crippen molar-refractivity contribution in [1.82, 2.24) is 14.9 Å². The Labute approximate surface area is 129 Å². The fraction of sp³-hybridized carbons (Fsp3) is 0.700. The van der Waals surface area contributed by atoms with Crippen molar-refractivity contribution in [1.29, 1.82) is 0 Å². The molecule has 0 radical (unpaired) electrons. The topological polar surface area (TPSA) is 101 Å². The van der Waals surface area contributed by atoms with E-state index < -0.39 is 10.0 Å².